The highest BCUT2D eigenvalue weighted by Gasteiger charge is 2.34. The Kier molecular flexibility index (Phi) is 8.22. The van der Waals surface area contributed by atoms with Gasteiger partial charge in [-0.15, -0.1) is 24.8 Å². The van der Waals surface area contributed by atoms with Gasteiger partial charge >= 0.3 is 0 Å². The number of benzene rings is 1. The number of hydrogen-bond acceptors (Lipinski definition) is 2. The van der Waals surface area contributed by atoms with Crippen molar-refractivity contribution in [1.29, 1.82) is 0 Å². The summed E-state index contributed by atoms with van der Waals surface area (Å²) in [4.78, 5) is 1.88. The molecule has 0 bridgehead atoms. The number of halogens is 4. The lowest BCUT2D eigenvalue weighted by molar-refractivity contribution is -0.0661. The van der Waals surface area contributed by atoms with Crippen LogP contribution in [0.4, 0.5) is 8.78 Å². The first kappa shape index (κ1) is 20.6. The van der Waals surface area contributed by atoms with Gasteiger partial charge in [0.2, 0.25) is 0 Å². The molecule has 2 aliphatic heterocycles. The normalized spacial score (nSPS) is 22.0. The molecule has 2 aliphatic rings. The molecule has 2 fully saturated rings. The monoisotopic (exact) mass is 366 g/mol. The molecule has 2 nitrogen and oxygen atoms in total. The third kappa shape index (κ3) is 5.86. The maximum Gasteiger partial charge on any atom is 0.260 e. The van der Waals surface area contributed by atoms with E-state index in [2.05, 4.69) is 29.6 Å². The fourth-order valence-corrected chi connectivity index (χ4v) is 3.49. The summed E-state index contributed by atoms with van der Waals surface area (Å²) in [5, 5.41) is 3.38. The second kappa shape index (κ2) is 9.16. The van der Waals surface area contributed by atoms with Crippen molar-refractivity contribution in [2.75, 3.05) is 26.2 Å². The van der Waals surface area contributed by atoms with Gasteiger partial charge in [-0.2, -0.15) is 0 Å². The Balaban J connectivity index is 0.00000132. The van der Waals surface area contributed by atoms with E-state index in [1.54, 1.807) is 0 Å². The highest BCUT2D eigenvalue weighted by atomic mass is 35.5. The van der Waals surface area contributed by atoms with Gasteiger partial charge in [-0.25, -0.2) is 8.78 Å². The summed E-state index contributed by atoms with van der Waals surface area (Å²) < 4.78 is 26.8. The van der Waals surface area contributed by atoms with Crippen molar-refractivity contribution in [1.82, 2.24) is 10.2 Å². The molecule has 0 unspecified atom stereocenters. The average molecular weight is 367 g/mol. The van der Waals surface area contributed by atoms with Gasteiger partial charge < -0.3 is 5.32 Å². The molecule has 23 heavy (non-hydrogen) atoms. The van der Waals surface area contributed by atoms with Gasteiger partial charge in [-0.1, -0.05) is 24.3 Å². The number of nitrogens with one attached hydrogen (secondary N) is 1. The van der Waals surface area contributed by atoms with Crippen molar-refractivity contribution >= 4 is 24.8 Å². The van der Waals surface area contributed by atoms with Crippen LogP contribution in [0, 0.1) is 0 Å². The second-order valence-corrected chi connectivity index (χ2v) is 6.44. The summed E-state index contributed by atoms with van der Waals surface area (Å²) in [5.41, 5.74) is 2.54. The Morgan fingerprint density at radius 2 is 1.74 bits per heavy atom. The fourth-order valence-electron chi connectivity index (χ4n) is 3.49. The molecule has 1 N–H and O–H groups in total. The molecule has 1 aromatic rings. The van der Waals surface area contributed by atoms with E-state index in [9.17, 15) is 8.78 Å². The number of alkyl halides is 2. The van der Waals surface area contributed by atoms with Crippen molar-refractivity contribution < 1.29 is 8.78 Å². The molecule has 0 saturated carbocycles. The standard InChI is InChI=1S/C17H24F2N2.2ClH/c18-17(19)8-1-11-21(13-17)12-14-2-4-15(5-3-14)16-6-9-20-10-7-16;;/h2-5,16,20H,1,6-13H2;2*1H. The molecule has 6 heteroatoms. The SMILES string of the molecule is Cl.Cl.FC1(F)CCCN(Cc2ccc(C3CCNCC3)cc2)C1. The van der Waals surface area contributed by atoms with Crippen LogP contribution in [0.5, 0.6) is 0 Å². The third-order valence-electron chi connectivity index (χ3n) is 4.67. The number of nitrogens with zero attached hydrogens (tertiary/aromatic N) is 1. The molecule has 0 amide bonds. The van der Waals surface area contributed by atoms with Gasteiger partial charge in [0, 0.05) is 13.0 Å². The maximum atomic E-state index is 13.4. The molecule has 0 spiro atoms. The van der Waals surface area contributed by atoms with Crippen molar-refractivity contribution in [2.45, 2.75) is 44.1 Å². The highest BCUT2D eigenvalue weighted by molar-refractivity contribution is 5.85. The minimum atomic E-state index is -2.51. The zero-order valence-corrected chi connectivity index (χ0v) is 14.9. The van der Waals surface area contributed by atoms with Gasteiger partial charge in [0.15, 0.2) is 0 Å². The molecule has 0 atom stereocenters. The van der Waals surface area contributed by atoms with Crippen LogP contribution in [0.3, 0.4) is 0 Å². The Morgan fingerprint density at radius 1 is 1.09 bits per heavy atom. The Labute approximate surface area is 149 Å². The molecule has 0 aliphatic carbocycles. The van der Waals surface area contributed by atoms with E-state index in [1.165, 1.54) is 18.4 Å². The topological polar surface area (TPSA) is 15.3 Å². The first-order valence-electron chi connectivity index (χ1n) is 8.02. The third-order valence-corrected chi connectivity index (χ3v) is 4.67. The molecule has 0 aromatic heterocycles. The van der Waals surface area contributed by atoms with E-state index in [-0.39, 0.29) is 37.8 Å². The van der Waals surface area contributed by atoms with Crippen molar-refractivity contribution in [3.05, 3.63) is 35.4 Å². The minimum Gasteiger partial charge on any atom is -0.317 e. The van der Waals surface area contributed by atoms with Crippen LogP contribution < -0.4 is 5.32 Å². The quantitative estimate of drug-likeness (QED) is 0.860. The van der Waals surface area contributed by atoms with E-state index < -0.39 is 5.92 Å². The van der Waals surface area contributed by atoms with E-state index >= 15 is 0 Å². The van der Waals surface area contributed by atoms with Crippen LogP contribution in [0.25, 0.3) is 0 Å². The Hall–Kier alpha value is -0.420. The van der Waals surface area contributed by atoms with Crippen LogP contribution in [0.15, 0.2) is 24.3 Å². The lowest BCUT2D eigenvalue weighted by Gasteiger charge is -2.32. The Bertz CT molecular complexity index is 462. The fraction of sp³-hybridized carbons (Fsp3) is 0.647. The van der Waals surface area contributed by atoms with Crippen LogP contribution in [-0.2, 0) is 6.54 Å². The van der Waals surface area contributed by atoms with E-state index in [1.807, 2.05) is 4.90 Å². The van der Waals surface area contributed by atoms with Crippen LogP contribution in [0.1, 0.15) is 42.7 Å². The highest BCUT2D eigenvalue weighted by Crippen LogP contribution is 2.28. The molecule has 0 radical (unpaired) electrons. The molecular weight excluding hydrogens is 341 g/mol. The minimum absolute atomic E-state index is 0. The molecule has 1 aromatic carbocycles. The maximum absolute atomic E-state index is 13.4. The van der Waals surface area contributed by atoms with Crippen LogP contribution >= 0.6 is 24.8 Å². The molecule has 132 valence electrons. The molecule has 2 saturated heterocycles. The number of hydrogen-bond donors (Lipinski definition) is 1. The second-order valence-electron chi connectivity index (χ2n) is 6.44. The molecule has 3 rings (SSSR count). The van der Waals surface area contributed by atoms with Gasteiger partial charge in [0.1, 0.15) is 0 Å². The summed E-state index contributed by atoms with van der Waals surface area (Å²) >= 11 is 0. The van der Waals surface area contributed by atoms with E-state index in [0.29, 0.717) is 18.9 Å². The lowest BCUT2D eigenvalue weighted by atomic mass is 9.90. The van der Waals surface area contributed by atoms with Crippen LogP contribution in [-0.4, -0.2) is 37.0 Å². The zero-order chi connectivity index (χ0) is 14.7. The Morgan fingerprint density at radius 3 is 2.35 bits per heavy atom. The number of likely N-dealkylation sites (tertiary alicyclic amines) is 1. The van der Waals surface area contributed by atoms with Crippen molar-refractivity contribution in [3.8, 4) is 0 Å². The summed E-state index contributed by atoms with van der Waals surface area (Å²) in [6.45, 7) is 3.52. The van der Waals surface area contributed by atoms with E-state index in [0.717, 1.165) is 25.2 Å². The number of piperidine rings is 2. The van der Waals surface area contributed by atoms with Crippen LogP contribution in [0.2, 0.25) is 0 Å². The summed E-state index contributed by atoms with van der Waals surface area (Å²) in [6.07, 6.45) is 3.02. The summed E-state index contributed by atoms with van der Waals surface area (Å²) in [6, 6.07) is 8.61. The van der Waals surface area contributed by atoms with Gasteiger partial charge in [0.05, 0.1) is 6.54 Å². The predicted molar refractivity (Wildman–Crippen MR) is 95.2 cm³/mol. The summed E-state index contributed by atoms with van der Waals surface area (Å²) in [7, 11) is 0. The largest absolute Gasteiger partial charge is 0.317 e. The smallest absolute Gasteiger partial charge is 0.260 e. The zero-order valence-electron chi connectivity index (χ0n) is 13.3. The van der Waals surface area contributed by atoms with Gasteiger partial charge in [0.25, 0.3) is 5.92 Å². The first-order chi connectivity index (χ1) is 10.1. The van der Waals surface area contributed by atoms with Gasteiger partial charge in [-0.05, 0) is 55.9 Å². The first-order valence-corrected chi connectivity index (χ1v) is 8.02. The van der Waals surface area contributed by atoms with E-state index in [4.69, 9.17) is 0 Å². The average Bonchev–Trinajstić information content (AvgIpc) is 2.48. The number of rotatable bonds is 3. The lowest BCUT2D eigenvalue weighted by Crippen LogP contribution is -2.41. The summed E-state index contributed by atoms with van der Waals surface area (Å²) in [5.74, 6) is -1.85. The predicted octanol–water partition coefficient (Wildman–Crippen LogP) is 4.23. The molecular formula is C17H26Cl2F2N2. The van der Waals surface area contributed by atoms with Gasteiger partial charge in [-0.3, -0.25) is 4.90 Å². The molecule has 2 heterocycles. The van der Waals surface area contributed by atoms with Crippen molar-refractivity contribution in [3.63, 3.8) is 0 Å². The van der Waals surface area contributed by atoms with Crippen molar-refractivity contribution in [2.24, 2.45) is 0 Å².